The van der Waals surface area contributed by atoms with Gasteiger partial charge in [0, 0.05) is 6.04 Å². The third-order valence-corrected chi connectivity index (χ3v) is 3.70. The molecule has 2 aliphatic rings. The number of hydrogen-bond acceptors (Lipinski definition) is 2. The molecule has 0 radical (unpaired) electrons. The zero-order valence-corrected chi connectivity index (χ0v) is 8.07. The van der Waals surface area contributed by atoms with Crippen molar-refractivity contribution in [3.63, 3.8) is 0 Å². The number of rotatable bonds is 3. The molecule has 0 aromatic rings. The van der Waals surface area contributed by atoms with Crippen molar-refractivity contribution in [1.29, 1.82) is 0 Å². The third kappa shape index (κ3) is 1.46. The molecular weight excluding hydrogens is 166 g/mol. The highest BCUT2D eigenvalue weighted by Crippen LogP contribution is 2.39. The molecule has 74 valence electrons. The van der Waals surface area contributed by atoms with Crippen molar-refractivity contribution in [3.05, 3.63) is 0 Å². The molecule has 1 aliphatic heterocycles. The average molecular weight is 183 g/mol. The summed E-state index contributed by atoms with van der Waals surface area (Å²) in [6.07, 6.45) is 4.55. The minimum Gasteiger partial charge on any atom is -0.481 e. The first kappa shape index (κ1) is 9.00. The summed E-state index contributed by atoms with van der Waals surface area (Å²) in [5.41, 5.74) is 0. The molecule has 13 heavy (non-hydrogen) atoms. The second-order valence-corrected chi connectivity index (χ2v) is 4.39. The van der Waals surface area contributed by atoms with Crippen molar-refractivity contribution >= 4 is 5.97 Å². The Hall–Kier alpha value is -0.570. The molecule has 1 aliphatic carbocycles. The van der Waals surface area contributed by atoms with Crippen LogP contribution in [0.1, 0.15) is 25.7 Å². The number of aliphatic carboxylic acids is 1. The van der Waals surface area contributed by atoms with Gasteiger partial charge in [0.15, 0.2) is 0 Å². The Kier molecular flexibility index (Phi) is 2.28. The fourth-order valence-corrected chi connectivity index (χ4v) is 2.47. The number of carboxylic acids is 1. The predicted octanol–water partition coefficient (Wildman–Crippen LogP) is 1.19. The lowest BCUT2D eigenvalue weighted by atomic mass is 9.70. The summed E-state index contributed by atoms with van der Waals surface area (Å²) in [5.74, 6) is -0.209. The second kappa shape index (κ2) is 3.29. The Bertz CT molecular complexity index is 213. The van der Waals surface area contributed by atoms with E-state index in [1.807, 2.05) is 7.05 Å². The van der Waals surface area contributed by atoms with E-state index in [9.17, 15) is 4.79 Å². The number of hydrogen-bond donors (Lipinski definition) is 1. The Morgan fingerprint density at radius 3 is 2.38 bits per heavy atom. The monoisotopic (exact) mass is 183 g/mol. The van der Waals surface area contributed by atoms with Crippen LogP contribution in [0.5, 0.6) is 0 Å². The van der Waals surface area contributed by atoms with Crippen molar-refractivity contribution < 1.29 is 9.90 Å². The van der Waals surface area contributed by atoms with Gasteiger partial charge in [0.1, 0.15) is 0 Å². The van der Waals surface area contributed by atoms with Crippen LogP contribution in [-0.2, 0) is 4.79 Å². The number of likely N-dealkylation sites (tertiary alicyclic amines) is 1. The van der Waals surface area contributed by atoms with Gasteiger partial charge in [-0.1, -0.05) is 6.42 Å². The Balaban J connectivity index is 2.00. The molecule has 2 unspecified atom stereocenters. The van der Waals surface area contributed by atoms with E-state index in [1.54, 1.807) is 0 Å². The second-order valence-electron chi connectivity index (χ2n) is 4.39. The fraction of sp³-hybridized carbons (Fsp3) is 0.900. The van der Waals surface area contributed by atoms with Crippen LogP contribution in [0.15, 0.2) is 0 Å². The lowest BCUT2D eigenvalue weighted by Gasteiger charge is -2.46. The molecule has 0 spiro atoms. The van der Waals surface area contributed by atoms with E-state index in [-0.39, 0.29) is 5.92 Å². The van der Waals surface area contributed by atoms with Crippen LogP contribution in [0, 0.1) is 11.8 Å². The van der Waals surface area contributed by atoms with Crippen LogP contribution in [0.2, 0.25) is 0 Å². The minimum absolute atomic E-state index is 0.0903. The molecule has 1 saturated carbocycles. The van der Waals surface area contributed by atoms with Gasteiger partial charge in [-0.2, -0.15) is 0 Å². The zero-order valence-electron chi connectivity index (χ0n) is 8.07. The highest BCUT2D eigenvalue weighted by molar-refractivity contribution is 5.71. The van der Waals surface area contributed by atoms with E-state index in [4.69, 9.17) is 5.11 Å². The molecular formula is C10H17NO2. The third-order valence-electron chi connectivity index (χ3n) is 3.70. The Morgan fingerprint density at radius 2 is 2.15 bits per heavy atom. The van der Waals surface area contributed by atoms with E-state index < -0.39 is 5.97 Å². The number of nitrogens with zero attached hydrogens (tertiary/aromatic N) is 1. The predicted molar refractivity (Wildman–Crippen MR) is 49.5 cm³/mol. The van der Waals surface area contributed by atoms with Gasteiger partial charge in [0.2, 0.25) is 0 Å². The van der Waals surface area contributed by atoms with Crippen LogP contribution in [-0.4, -0.2) is 35.6 Å². The first-order valence-corrected chi connectivity index (χ1v) is 5.13. The lowest BCUT2D eigenvalue weighted by Crippen LogP contribution is -2.54. The van der Waals surface area contributed by atoms with Crippen LogP contribution < -0.4 is 0 Å². The number of carboxylic acid groups (broad SMARTS) is 1. The summed E-state index contributed by atoms with van der Waals surface area (Å²) >= 11 is 0. The fourth-order valence-electron chi connectivity index (χ4n) is 2.47. The van der Waals surface area contributed by atoms with Gasteiger partial charge < -0.3 is 10.0 Å². The first-order valence-electron chi connectivity index (χ1n) is 5.13. The topological polar surface area (TPSA) is 40.5 Å². The summed E-state index contributed by atoms with van der Waals surface area (Å²) < 4.78 is 0. The van der Waals surface area contributed by atoms with Gasteiger partial charge in [0.05, 0.1) is 5.92 Å². The summed E-state index contributed by atoms with van der Waals surface area (Å²) in [4.78, 5) is 13.3. The van der Waals surface area contributed by atoms with Gasteiger partial charge in [-0.05, 0) is 38.8 Å². The van der Waals surface area contributed by atoms with Crippen molar-refractivity contribution in [1.82, 2.24) is 4.90 Å². The Morgan fingerprint density at radius 1 is 1.46 bits per heavy atom. The molecule has 2 atom stereocenters. The van der Waals surface area contributed by atoms with E-state index in [1.165, 1.54) is 6.42 Å². The quantitative estimate of drug-likeness (QED) is 0.714. The average Bonchev–Trinajstić information content (AvgIpc) is 1.97. The van der Waals surface area contributed by atoms with Crippen molar-refractivity contribution in [2.75, 3.05) is 13.6 Å². The molecule has 3 heteroatoms. The maximum absolute atomic E-state index is 11.1. The maximum atomic E-state index is 11.1. The van der Waals surface area contributed by atoms with Crippen molar-refractivity contribution in [3.8, 4) is 0 Å². The highest BCUT2D eigenvalue weighted by Gasteiger charge is 2.43. The lowest BCUT2D eigenvalue weighted by molar-refractivity contribution is -0.150. The molecule has 0 bridgehead atoms. The van der Waals surface area contributed by atoms with Crippen LogP contribution in [0.25, 0.3) is 0 Å². The molecule has 1 saturated heterocycles. The molecule has 0 aromatic heterocycles. The van der Waals surface area contributed by atoms with Crippen LogP contribution in [0.3, 0.4) is 0 Å². The van der Waals surface area contributed by atoms with Gasteiger partial charge in [-0.3, -0.25) is 4.79 Å². The molecule has 1 heterocycles. The summed E-state index contributed by atoms with van der Waals surface area (Å²) in [6, 6.07) is 0.322. The zero-order chi connectivity index (χ0) is 9.42. The van der Waals surface area contributed by atoms with Gasteiger partial charge in [-0.25, -0.2) is 0 Å². The molecule has 0 aromatic carbocycles. The van der Waals surface area contributed by atoms with E-state index in [0.29, 0.717) is 12.0 Å². The molecule has 3 nitrogen and oxygen atoms in total. The standard InChI is InChI=1S/C10H17NO2/c1-11-6-5-8(11)9(10(12)13)7-3-2-4-7/h7-9H,2-6H2,1H3,(H,12,13). The highest BCUT2D eigenvalue weighted by atomic mass is 16.4. The van der Waals surface area contributed by atoms with Crippen molar-refractivity contribution in [2.45, 2.75) is 31.7 Å². The van der Waals surface area contributed by atoms with Gasteiger partial charge in [0.25, 0.3) is 0 Å². The molecule has 1 N–H and O–H groups in total. The summed E-state index contributed by atoms with van der Waals surface area (Å²) in [7, 11) is 2.03. The van der Waals surface area contributed by atoms with Gasteiger partial charge in [-0.15, -0.1) is 0 Å². The van der Waals surface area contributed by atoms with Crippen LogP contribution in [0.4, 0.5) is 0 Å². The normalized spacial score (nSPS) is 31.9. The Labute approximate surface area is 78.7 Å². The van der Waals surface area contributed by atoms with Crippen LogP contribution >= 0.6 is 0 Å². The maximum Gasteiger partial charge on any atom is 0.308 e. The number of carbonyl (C=O) groups is 1. The minimum atomic E-state index is -0.582. The molecule has 2 rings (SSSR count). The SMILES string of the molecule is CN1CCC1C(C(=O)O)C1CCC1. The molecule has 2 fully saturated rings. The van der Waals surface area contributed by atoms with E-state index >= 15 is 0 Å². The smallest absolute Gasteiger partial charge is 0.308 e. The summed E-state index contributed by atoms with van der Waals surface area (Å²) in [6.45, 7) is 1.07. The van der Waals surface area contributed by atoms with E-state index in [2.05, 4.69) is 4.90 Å². The first-order chi connectivity index (χ1) is 6.20. The van der Waals surface area contributed by atoms with Crippen molar-refractivity contribution in [2.24, 2.45) is 11.8 Å². The van der Waals surface area contributed by atoms with E-state index in [0.717, 1.165) is 25.8 Å². The summed E-state index contributed by atoms with van der Waals surface area (Å²) in [5, 5.41) is 9.14. The largest absolute Gasteiger partial charge is 0.481 e. The van der Waals surface area contributed by atoms with Gasteiger partial charge >= 0.3 is 5.97 Å². The molecule has 0 amide bonds.